The van der Waals surface area contributed by atoms with Crippen LogP contribution in [0.4, 0.5) is 0 Å². The molecule has 0 aromatic heterocycles. The van der Waals surface area contributed by atoms with E-state index in [1.165, 1.54) is 51.4 Å². The molecular formula is C17H35K2NO4. The van der Waals surface area contributed by atoms with Crippen LogP contribution in [0.1, 0.15) is 84.0 Å². The van der Waals surface area contributed by atoms with E-state index < -0.39 is 12.0 Å². The normalized spacial score (nSPS) is 11.1. The molecule has 5 nitrogen and oxygen atoms in total. The summed E-state index contributed by atoms with van der Waals surface area (Å²) >= 11 is 0. The number of esters is 1. The quantitative estimate of drug-likeness (QED) is 0.252. The van der Waals surface area contributed by atoms with Crippen LogP contribution in [0.3, 0.4) is 0 Å². The number of hydrogen-bond donors (Lipinski definition) is 2. The molecule has 0 aromatic rings. The number of aliphatic carboxylic acids is 1. The van der Waals surface area contributed by atoms with Gasteiger partial charge in [0.15, 0.2) is 0 Å². The number of nitrogens with two attached hydrogens (primary N) is 1. The SMILES string of the molecule is CCCCCCCCCCCCOC(=O)CC[C@H](N)C(=O)O.[KH].[KH]. The van der Waals surface area contributed by atoms with Crippen molar-refractivity contribution in [2.75, 3.05) is 6.61 Å². The maximum absolute atomic E-state index is 11.4. The number of carboxylic acids is 1. The van der Waals surface area contributed by atoms with Crippen LogP contribution in [-0.2, 0) is 14.3 Å². The summed E-state index contributed by atoms with van der Waals surface area (Å²) in [6, 6.07) is -0.982. The Morgan fingerprint density at radius 1 is 0.917 bits per heavy atom. The molecule has 0 radical (unpaired) electrons. The molecule has 0 saturated heterocycles. The minimum absolute atomic E-state index is 0. The second-order valence-electron chi connectivity index (χ2n) is 5.89. The van der Waals surface area contributed by atoms with Gasteiger partial charge in [-0.05, 0) is 12.8 Å². The fourth-order valence-corrected chi connectivity index (χ4v) is 2.24. The van der Waals surface area contributed by atoms with Crippen molar-refractivity contribution in [2.45, 2.75) is 90.0 Å². The predicted octanol–water partition coefficient (Wildman–Crippen LogP) is 2.35. The van der Waals surface area contributed by atoms with Crippen molar-refractivity contribution >= 4 is 115 Å². The van der Waals surface area contributed by atoms with E-state index in [-0.39, 0.29) is 122 Å². The molecule has 0 rings (SSSR count). The second kappa shape index (κ2) is 23.2. The molecule has 0 unspecified atom stereocenters. The molecule has 0 bridgehead atoms. The Morgan fingerprint density at radius 3 is 1.83 bits per heavy atom. The predicted molar refractivity (Wildman–Crippen MR) is 102 cm³/mol. The zero-order valence-corrected chi connectivity index (χ0v) is 14.0. The van der Waals surface area contributed by atoms with Gasteiger partial charge in [-0.1, -0.05) is 64.7 Å². The number of carbonyl (C=O) groups is 2. The topological polar surface area (TPSA) is 89.6 Å². The first-order chi connectivity index (χ1) is 10.6. The van der Waals surface area contributed by atoms with Gasteiger partial charge in [0.05, 0.1) is 6.61 Å². The first kappa shape index (κ1) is 30.9. The summed E-state index contributed by atoms with van der Waals surface area (Å²) in [6.07, 6.45) is 12.6. The molecular weight excluding hydrogens is 360 g/mol. The van der Waals surface area contributed by atoms with Gasteiger partial charge in [0.2, 0.25) is 0 Å². The molecule has 1 atom stereocenters. The van der Waals surface area contributed by atoms with Crippen molar-refractivity contribution in [2.24, 2.45) is 5.73 Å². The van der Waals surface area contributed by atoms with Gasteiger partial charge in [-0.25, -0.2) is 0 Å². The summed E-state index contributed by atoms with van der Waals surface area (Å²) in [5, 5.41) is 8.59. The van der Waals surface area contributed by atoms with Gasteiger partial charge in [-0.3, -0.25) is 9.59 Å². The summed E-state index contributed by atoms with van der Waals surface area (Å²) in [6.45, 7) is 2.66. The average molecular weight is 396 g/mol. The Morgan fingerprint density at radius 2 is 1.38 bits per heavy atom. The number of ether oxygens (including phenoxy) is 1. The summed E-state index contributed by atoms with van der Waals surface area (Å²) in [4.78, 5) is 21.9. The van der Waals surface area contributed by atoms with E-state index in [2.05, 4.69) is 6.92 Å². The van der Waals surface area contributed by atoms with Crippen molar-refractivity contribution < 1.29 is 19.4 Å². The number of carboxylic acid groups (broad SMARTS) is 1. The van der Waals surface area contributed by atoms with E-state index in [1.54, 1.807) is 0 Å². The molecule has 7 heteroatoms. The number of hydrogen-bond acceptors (Lipinski definition) is 4. The standard InChI is InChI=1S/C17H33NO4.2K.2H/c1-2-3-4-5-6-7-8-9-10-11-14-22-16(19)13-12-15(18)17(20)21;;;;/h15H,2-14,18H2,1H3,(H,20,21);;;;/t15-;;;;/m0..../s1. The van der Waals surface area contributed by atoms with Crippen LogP contribution in [0.5, 0.6) is 0 Å². The zero-order valence-electron chi connectivity index (χ0n) is 14.0. The Labute approximate surface area is 232 Å². The second-order valence-corrected chi connectivity index (χ2v) is 5.89. The van der Waals surface area contributed by atoms with Gasteiger partial charge < -0.3 is 15.6 Å². The summed E-state index contributed by atoms with van der Waals surface area (Å²) < 4.78 is 5.06. The first-order valence-corrected chi connectivity index (χ1v) is 8.72. The molecule has 134 valence electrons. The zero-order chi connectivity index (χ0) is 16.6. The minimum atomic E-state index is -1.08. The van der Waals surface area contributed by atoms with E-state index in [0.29, 0.717) is 6.61 Å². The molecule has 0 aromatic carbocycles. The van der Waals surface area contributed by atoms with Gasteiger partial charge in [0.1, 0.15) is 6.04 Å². The molecule has 0 saturated carbocycles. The van der Waals surface area contributed by atoms with E-state index in [9.17, 15) is 9.59 Å². The van der Waals surface area contributed by atoms with E-state index in [0.717, 1.165) is 12.8 Å². The molecule has 0 aliphatic rings. The maximum atomic E-state index is 11.4. The Balaban J connectivity index is -0.00000220. The molecule has 0 fully saturated rings. The third-order valence-electron chi connectivity index (χ3n) is 3.74. The third kappa shape index (κ3) is 22.2. The number of unbranched alkanes of at least 4 members (excludes halogenated alkanes) is 9. The Hall–Kier alpha value is 2.17. The number of carbonyl (C=O) groups excluding carboxylic acids is 1. The van der Waals surface area contributed by atoms with Crippen molar-refractivity contribution in [3.05, 3.63) is 0 Å². The Bertz CT molecular complexity index is 304. The van der Waals surface area contributed by atoms with Crippen molar-refractivity contribution in [3.63, 3.8) is 0 Å². The fourth-order valence-electron chi connectivity index (χ4n) is 2.24. The van der Waals surface area contributed by atoms with E-state index in [1.807, 2.05) is 0 Å². The monoisotopic (exact) mass is 395 g/mol. The van der Waals surface area contributed by atoms with Gasteiger partial charge in [-0.15, -0.1) is 0 Å². The van der Waals surface area contributed by atoms with E-state index in [4.69, 9.17) is 15.6 Å². The van der Waals surface area contributed by atoms with Gasteiger partial charge in [0, 0.05) is 6.42 Å². The molecule has 24 heavy (non-hydrogen) atoms. The molecule has 0 amide bonds. The van der Waals surface area contributed by atoms with Crippen LogP contribution in [0.25, 0.3) is 0 Å². The van der Waals surface area contributed by atoms with Crippen LogP contribution in [0, 0.1) is 0 Å². The first-order valence-electron chi connectivity index (χ1n) is 8.72. The molecule has 0 aliphatic heterocycles. The van der Waals surface area contributed by atoms with Crippen molar-refractivity contribution in [3.8, 4) is 0 Å². The molecule has 0 heterocycles. The van der Waals surface area contributed by atoms with Crippen LogP contribution < -0.4 is 5.73 Å². The average Bonchev–Trinajstić information content (AvgIpc) is 2.50. The van der Waals surface area contributed by atoms with Crippen LogP contribution >= 0.6 is 0 Å². The van der Waals surface area contributed by atoms with Crippen LogP contribution in [-0.4, -0.2) is 132 Å². The third-order valence-corrected chi connectivity index (χ3v) is 3.74. The van der Waals surface area contributed by atoms with Gasteiger partial charge in [-0.2, -0.15) is 0 Å². The fraction of sp³-hybridized carbons (Fsp3) is 0.882. The van der Waals surface area contributed by atoms with Crippen LogP contribution in [0.2, 0.25) is 0 Å². The molecule has 0 aliphatic carbocycles. The summed E-state index contributed by atoms with van der Waals surface area (Å²) in [7, 11) is 0. The number of rotatable bonds is 15. The Kier molecular flexibility index (Phi) is 29.9. The molecule has 3 N–H and O–H groups in total. The van der Waals surface area contributed by atoms with Crippen molar-refractivity contribution in [1.82, 2.24) is 0 Å². The van der Waals surface area contributed by atoms with Gasteiger partial charge >= 0.3 is 115 Å². The summed E-state index contributed by atoms with van der Waals surface area (Å²) in [5.74, 6) is -1.44. The van der Waals surface area contributed by atoms with Crippen molar-refractivity contribution in [1.29, 1.82) is 0 Å². The summed E-state index contributed by atoms with van der Waals surface area (Å²) in [5.41, 5.74) is 5.32. The van der Waals surface area contributed by atoms with Crippen LogP contribution in [0.15, 0.2) is 0 Å². The van der Waals surface area contributed by atoms with E-state index >= 15 is 0 Å². The van der Waals surface area contributed by atoms with Gasteiger partial charge in [0.25, 0.3) is 0 Å². The molecule has 0 spiro atoms.